The van der Waals surface area contributed by atoms with Crippen LogP contribution < -0.4 is 10.6 Å². The monoisotopic (exact) mass is 521 g/mol. The van der Waals surface area contributed by atoms with Crippen molar-refractivity contribution in [1.29, 1.82) is 0 Å². The number of carboxylic acid groups (broad SMARTS) is 1. The van der Waals surface area contributed by atoms with Crippen LogP contribution in [-0.4, -0.2) is 32.6 Å². The second-order valence-electron chi connectivity index (χ2n) is 7.72. The minimum absolute atomic E-state index is 0.176. The smallest absolute Gasteiger partial charge is 0.339 e. The summed E-state index contributed by atoms with van der Waals surface area (Å²) in [5.41, 5.74) is 3.74. The van der Waals surface area contributed by atoms with Gasteiger partial charge in [0, 0.05) is 39.9 Å². The highest BCUT2D eigenvalue weighted by molar-refractivity contribution is 9.10. The number of hydrogen-bond acceptors (Lipinski definition) is 4. The quantitative estimate of drug-likeness (QED) is 0.284. The van der Waals surface area contributed by atoms with Crippen molar-refractivity contribution in [3.63, 3.8) is 0 Å². The van der Waals surface area contributed by atoms with Crippen LogP contribution in [0.25, 0.3) is 22.2 Å². The molecule has 3 aromatic carbocycles. The number of amides is 2. The largest absolute Gasteiger partial charge is 0.507 e. The molecular weight excluding hydrogens is 502 g/mol. The van der Waals surface area contributed by atoms with E-state index in [1.54, 1.807) is 49.5 Å². The summed E-state index contributed by atoms with van der Waals surface area (Å²) in [4.78, 5) is 36.2. The number of fused-ring (bicyclic) bond motifs is 1. The Hall–Kier alpha value is -4.11. The van der Waals surface area contributed by atoms with Gasteiger partial charge in [0.05, 0.1) is 11.2 Å². The van der Waals surface area contributed by atoms with Gasteiger partial charge in [0.15, 0.2) is 0 Å². The number of nitrogens with zero attached hydrogens (tertiary/aromatic N) is 1. The van der Waals surface area contributed by atoms with Gasteiger partial charge in [-0.25, -0.2) is 4.79 Å². The predicted molar refractivity (Wildman–Crippen MR) is 133 cm³/mol. The van der Waals surface area contributed by atoms with Crippen molar-refractivity contribution >= 4 is 56.0 Å². The topological polar surface area (TPSA) is 121 Å². The van der Waals surface area contributed by atoms with Crippen LogP contribution in [0.5, 0.6) is 5.75 Å². The van der Waals surface area contributed by atoms with Crippen molar-refractivity contribution < 1.29 is 24.6 Å². The molecule has 172 valence electrons. The molecule has 9 heteroatoms. The lowest BCUT2D eigenvalue weighted by Gasteiger charge is -2.10. The van der Waals surface area contributed by atoms with Gasteiger partial charge in [-0.05, 0) is 48.9 Å². The average Bonchev–Trinajstić information content (AvgIpc) is 3.02. The van der Waals surface area contributed by atoms with Gasteiger partial charge in [0.2, 0.25) is 0 Å². The van der Waals surface area contributed by atoms with E-state index in [2.05, 4.69) is 26.6 Å². The minimum Gasteiger partial charge on any atom is -0.507 e. The highest BCUT2D eigenvalue weighted by atomic mass is 79.9. The summed E-state index contributed by atoms with van der Waals surface area (Å²) in [5.74, 6) is -3.15. The molecule has 4 aromatic rings. The molecule has 0 aliphatic rings. The number of nitrogens with one attached hydrogen (secondary N) is 2. The molecule has 1 aromatic heterocycles. The average molecular weight is 522 g/mol. The van der Waals surface area contributed by atoms with Crippen molar-refractivity contribution in [2.24, 2.45) is 7.05 Å². The van der Waals surface area contributed by atoms with Gasteiger partial charge in [0.25, 0.3) is 0 Å². The second kappa shape index (κ2) is 9.03. The van der Waals surface area contributed by atoms with E-state index in [9.17, 15) is 24.6 Å². The molecule has 0 aliphatic heterocycles. The first-order chi connectivity index (χ1) is 16.2. The van der Waals surface area contributed by atoms with Gasteiger partial charge in [-0.3, -0.25) is 9.59 Å². The van der Waals surface area contributed by atoms with Crippen LogP contribution in [0.15, 0.2) is 65.1 Å². The van der Waals surface area contributed by atoms with E-state index in [0.717, 1.165) is 21.3 Å². The van der Waals surface area contributed by atoms with Crippen molar-refractivity contribution in [2.75, 3.05) is 10.6 Å². The van der Waals surface area contributed by atoms with E-state index in [1.807, 2.05) is 17.6 Å². The molecule has 0 fully saturated rings. The lowest BCUT2D eigenvalue weighted by Crippen LogP contribution is -2.29. The van der Waals surface area contributed by atoms with Crippen LogP contribution in [0.4, 0.5) is 11.4 Å². The molecule has 1 heterocycles. The molecule has 0 unspecified atom stereocenters. The Labute approximate surface area is 203 Å². The van der Waals surface area contributed by atoms with Crippen molar-refractivity contribution in [3.8, 4) is 17.0 Å². The van der Waals surface area contributed by atoms with Crippen LogP contribution in [0.2, 0.25) is 0 Å². The molecule has 2 amide bonds. The molecule has 0 saturated carbocycles. The maximum absolute atomic E-state index is 12.4. The maximum atomic E-state index is 12.4. The molecule has 0 atom stereocenters. The highest BCUT2D eigenvalue weighted by Crippen LogP contribution is 2.36. The molecule has 34 heavy (non-hydrogen) atoms. The number of aryl methyl sites for hydroxylation is 2. The number of aromatic carboxylic acids is 1. The Balaban J connectivity index is 1.63. The molecule has 0 saturated heterocycles. The third-order valence-corrected chi connectivity index (χ3v) is 5.98. The van der Waals surface area contributed by atoms with Gasteiger partial charge in [-0.2, -0.15) is 0 Å². The van der Waals surface area contributed by atoms with Gasteiger partial charge in [-0.15, -0.1) is 0 Å². The molecule has 0 aliphatic carbocycles. The Kier molecular flexibility index (Phi) is 6.12. The number of benzene rings is 3. The van der Waals surface area contributed by atoms with Crippen LogP contribution in [-0.2, 0) is 16.6 Å². The molecule has 0 bridgehead atoms. The van der Waals surface area contributed by atoms with Gasteiger partial charge >= 0.3 is 17.8 Å². The van der Waals surface area contributed by atoms with Crippen LogP contribution in [0.3, 0.4) is 0 Å². The Morgan fingerprint density at radius 1 is 0.912 bits per heavy atom. The second-order valence-corrected chi connectivity index (χ2v) is 8.64. The number of carbonyl (C=O) groups is 3. The number of anilines is 2. The van der Waals surface area contributed by atoms with Crippen LogP contribution >= 0.6 is 15.9 Å². The first-order valence-electron chi connectivity index (χ1n) is 10.2. The third kappa shape index (κ3) is 4.38. The van der Waals surface area contributed by atoms with Gasteiger partial charge in [-0.1, -0.05) is 34.1 Å². The summed E-state index contributed by atoms with van der Waals surface area (Å²) in [6.45, 7) is 1.86. The van der Waals surface area contributed by atoms with Gasteiger partial charge in [0.1, 0.15) is 11.3 Å². The number of carbonyl (C=O) groups excluding carboxylic acids is 2. The number of rotatable bonds is 4. The Bertz CT molecular complexity index is 1480. The zero-order chi connectivity index (χ0) is 24.6. The van der Waals surface area contributed by atoms with E-state index in [0.29, 0.717) is 22.3 Å². The summed E-state index contributed by atoms with van der Waals surface area (Å²) in [6, 6.07) is 16.8. The highest BCUT2D eigenvalue weighted by Gasteiger charge is 2.20. The zero-order valence-electron chi connectivity index (χ0n) is 18.2. The molecule has 0 spiro atoms. The van der Waals surface area contributed by atoms with E-state index in [4.69, 9.17) is 0 Å². The van der Waals surface area contributed by atoms with E-state index in [1.165, 1.54) is 12.1 Å². The van der Waals surface area contributed by atoms with E-state index >= 15 is 0 Å². The fraction of sp³-hybridized carbons (Fsp3) is 0.0800. The molecule has 0 radical (unpaired) electrons. The first kappa shape index (κ1) is 23.1. The Morgan fingerprint density at radius 3 is 2.15 bits per heavy atom. The van der Waals surface area contributed by atoms with E-state index in [-0.39, 0.29) is 11.3 Å². The zero-order valence-corrected chi connectivity index (χ0v) is 19.8. The van der Waals surface area contributed by atoms with Crippen molar-refractivity contribution in [1.82, 2.24) is 4.57 Å². The molecule has 4 rings (SSSR count). The summed E-state index contributed by atoms with van der Waals surface area (Å²) in [5, 5.41) is 25.3. The number of aromatic nitrogens is 1. The number of phenols is 1. The molecule has 4 N–H and O–H groups in total. The lowest BCUT2D eigenvalue weighted by atomic mass is 10.0. The number of aromatic hydroxyl groups is 1. The summed E-state index contributed by atoms with van der Waals surface area (Å²) < 4.78 is 2.62. The lowest BCUT2D eigenvalue weighted by molar-refractivity contribution is -0.132. The maximum Gasteiger partial charge on any atom is 0.339 e. The third-order valence-electron chi connectivity index (χ3n) is 5.48. The predicted octanol–water partition coefficient (Wildman–Crippen LogP) is 4.90. The summed E-state index contributed by atoms with van der Waals surface area (Å²) in [7, 11) is 1.81. The standard InChI is InChI=1S/C25H20BrN3O5/c1-13-18-11-19(25(33)34)21(30)12-20(18)29(2)22(13)14-5-3-7-16(9-14)27-23(31)24(32)28-17-8-4-6-15(26)10-17/h3-12,30H,1-2H3,(H,27,31)(H,28,32)(H,33,34). The van der Waals surface area contributed by atoms with E-state index < -0.39 is 17.8 Å². The normalized spacial score (nSPS) is 10.8. The Morgan fingerprint density at radius 2 is 1.53 bits per heavy atom. The first-order valence-corrected chi connectivity index (χ1v) is 11.0. The fourth-order valence-electron chi connectivity index (χ4n) is 3.92. The minimum atomic E-state index is -1.21. The van der Waals surface area contributed by atoms with Gasteiger partial charge < -0.3 is 25.4 Å². The number of hydrogen-bond donors (Lipinski definition) is 4. The number of halogens is 1. The van der Waals surface area contributed by atoms with Crippen LogP contribution in [0, 0.1) is 6.92 Å². The van der Waals surface area contributed by atoms with Crippen molar-refractivity contribution in [2.45, 2.75) is 6.92 Å². The molecule has 8 nitrogen and oxygen atoms in total. The summed E-state index contributed by atoms with van der Waals surface area (Å²) >= 11 is 3.32. The SMILES string of the molecule is Cc1c(-c2cccc(NC(=O)C(=O)Nc3cccc(Br)c3)c2)n(C)c2cc(O)c(C(=O)O)cc12. The van der Waals surface area contributed by atoms with Crippen LogP contribution in [0.1, 0.15) is 15.9 Å². The molecular formula is C25H20BrN3O5. The fourth-order valence-corrected chi connectivity index (χ4v) is 4.32. The summed E-state index contributed by atoms with van der Waals surface area (Å²) in [6.07, 6.45) is 0. The van der Waals surface area contributed by atoms with Crippen molar-refractivity contribution in [3.05, 3.63) is 76.3 Å². The number of carboxylic acids is 1.